The van der Waals surface area contributed by atoms with Crippen molar-refractivity contribution in [2.24, 2.45) is 0 Å². The second kappa shape index (κ2) is 63.3. The first-order valence-corrected chi connectivity index (χ1v) is 30.6. The van der Waals surface area contributed by atoms with E-state index in [-0.39, 0.29) is 44.0 Å². The quantitative estimate of drug-likeness (QED) is 0.0261. The second-order valence-corrected chi connectivity index (χ2v) is 19.5. The average Bonchev–Trinajstić information content (AvgIpc) is 3.43. The average molecular weight is 1060 g/mol. The van der Waals surface area contributed by atoms with Gasteiger partial charge in [-0.2, -0.15) is 0 Å². The molecule has 0 fully saturated rings. The van der Waals surface area contributed by atoms with Crippen molar-refractivity contribution in [3.8, 4) is 0 Å². The number of carbonyl (C=O) groups excluding carboxylic acids is 3. The van der Waals surface area contributed by atoms with Gasteiger partial charge in [0, 0.05) is 19.3 Å². The predicted molar refractivity (Wildman–Crippen MR) is 334 cm³/mol. The monoisotopic (exact) mass is 1060 g/mol. The third-order valence-corrected chi connectivity index (χ3v) is 12.2. The highest BCUT2D eigenvalue weighted by Gasteiger charge is 2.19. The van der Waals surface area contributed by atoms with E-state index in [1.807, 2.05) is 12.2 Å². The van der Waals surface area contributed by atoms with Crippen LogP contribution in [-0.4, -0.2) is 37.2 Å². The molecule has 6 nitrogen and oxygen atoms in total. The third-order valence-electron chi connectivity index (χ3n) is 12.2. The lowest BCUT2D eigenvalue weighted by Gasteiger charge is -2.18. The first-order chi connectivity index (χ1) is 38.0. The van der Waals surface area contributed by atoms with E-state index in [1.165, 1.54) is 38.5 Å². The van der Waals surface area contributed by atoms with Gasteiger partial charge in [-0.15, -0.1) is 0 Å². The minimum Gasteiger partial charge on any atom is -0.462 e. The highest BCUT2D eigenvalue weighted by molar-refractivity contribution is 5.71. The number of unbranched alkanes of at least 4 members (excludes halogenated alkanes) is 14. The zero-order valence-electron chi connectivity index (χ0n) is 49.1. The van der Waals surface area contributed by atoms with Crippen LogP contribution in [0.1, 0.15) is 239 Å². The summed E-state index contributed by atoms with van der Waals surface area (Å²) in [5, 5.41) is 0. The van der Waals surface area contributed by atoms with Crippen LogP contribution in [0.15, 0.2) is 170 Å². The van der Waals surface area contributed by atoms with Crippen LogP contribution >= 0.6 is 0 Å². The van der Waals surface area contributed by atoms with Gasteiger partial charge in [-0.1, -0.05) is 249 Å². The van der Waals surface area contributed by atoms with Crippen molar-refractivity contribution >= 4 is 17.9 Å². The van der Waals surface area contributed by atoms with Crippen LogP contribution in [0.5, 0.6) is 0 Å². The fourth-order valence-corrected chi connectivity index (χ4v) is 7.68. The molecule has 0 aliphatic heterocycles. The Labute approximate surface area is 472 Å². The van der Waals surface area contributed by atoms with Crippen LogP contribution < -0.4 is 0 Å². The van der Waals surface area contributed by atoms with Gasteiger partial charge < -0.3 is 14.2 Å². The lowest BCUT2D eigenvalue weighted by molar-refractivity contribution is -0.166. The molecule has 0 aromatic heterocycles. The van der Waals surface area contributed by atoms with Gasteiger partial charge in [0.15, 0.2) is 6.10 Å². The molecule has 0 bridgehead atoms. The van der Waals surface area contributed by atoms with Crippen LogP contribution in [0.4, 0.5) is 0 Å². The molecule has 0 N–H and O–H groups in total. The van der Waals surface area contributed by atoms with Gasteiger partial charge >= 0.3 is 17.9 Å². The fraction of sp³-hybridized carbons (Fsp3) is 0.563. The van der Waals surface area contributed by atoms with E-state index < -0.39 is 6.10 Å². The number of hydrogen-bond acceptors (Lipinski definition) is 6. The summed E-state index contributed by atoms with van der Waals surface area (Å²) < 4.78 is 16.8. The van der Waals surface area contributed by atoms with E-state index in [4.69, 9.17) is 14.2 Å². The van der Waals surface area contributed by atoms with Crippen LogP contribution in [0, 0.1) is 0 Å². The molecule has 0 aromatic carbocycles. The molecule has 0 aliphatic rings. The summed E-state index contributed by atoms with van der Waals surface area (Å²) >= 11 is 0. The molecule has 0 rings (SSSR count). The molecule has 0 spiro atoms. The van der Waals surface area contributed by atoms with Crippen LogP contribution in [0.3, 0.4) is 0 Å². The SMILES string of the molecule is CC/C=C\C/C=C\C/C=C\C/C=C\C/C=C\C/C=C\C/C=C\CCCCCCCC(=O)OCC(COC(=O)CC/C=C\C/C=C\C/C=C\C/C=C\CC)OC(=O)CCCCCCCC/C=C\C/C=C\C/C=C\CCCCC. The summed E-state index contributed by atoms with van der Waals surface area (Å²) in [5.41, 5.74) is 0. The largest absolute Gasteiger partial charge is 0.462 e. The Morgan fingerprint density at radius 3 is 0.870 bits per heavy atom. The standard InChI is InChI=1S/C71H110O6/c1-4-7-10-13-16-19-22-25-27-29-31-32-33-34-35-36-37-38-40-41-43-46-49-52-55-58-61-64-70(73)76-67-68(66-75-69(72)63-60-57-54-51-48-45-24-21-18-15-12-9-6-3)77-71(74)65-62-59-56-53-50-47-44-42-39-30-28-26-23-20-17-14-11-8-5-2/h7,9-10,12,16-21,25-28,31-32,34-35,37-39,41-43,45,48,54,57,68H,4-6,8,11,13-15,22-24,29-30,33,36,40,44,46-47,49-53,55-56,58-67H2,1-3H3/b10-7-,12-9-,19-16-,20-17-,21-18-,27-25-,28-26-,32-31-,35-34-,38-37-,42-39-,43-41-,48-45-,57-54-. The number of carbonyl (C=O) groups is 3. The number of hydrogen-bond donors (Lipinski definition) is 0. The molecular formula is C71H110O6. The van der Waals surface area contributed by atoms with Crippen LogP contribution in [-0.2, 0) is 28.6 Å². The van der Waals surface area contributed by atoms with Gasteiger partial charge in [-0.05, 0) is 141 Å². The van der Waals surface area contributed by atoms with Crippen molar-refractivity contribution in [1.29, 1.82) is 0 Å². The number of allylic oxidation sites excluding steroid dienone is 28. The molecule has 0 saturated carbocycles. The van der Waals surface area contributed by atoms with E-state index in [9.17, 15) is 14.4 Å². The van der Waals surface area contributed by atoms with Crippen LogP contribution in [0.25, 0.3) is 0 Å². The molecule has 0 heterocycles. The molecule has 1 atom stereocenters. The van der Waals surface area contributed by atoms with Crippen molar-refractivity contribution in [2.45, 2.75) is 245 Å². The lowest BCUT2D eigenvalue weighted by Crippen LogP contribution is -2.30. The zero-order chi connectivity index (χ0) is 55.7. The first-order valence-electron chi connectivity index (χ1n) is 30.6. The van der Waals surface area contributed by atoms with E-state index in [1.54, 1.807) is 0 Å². The maximum Gasteiger partial charge on any atom is 0.306 e. The summed E-state index contributed by atoms with van der Waals surface area (Å²) in [7, 11) is 0. The number of rotatable bonds is 53. The third kappa shape index (κ3) is 61.5. The van der Waals surface area contributed by atoms with Crippen molar-refractivity contribution in [3.05, 3.63) is 170 Å². The Morgan fingerprint density at radius 2 is 0.532 bits per heavy atom. The molecule has 0 aliphatic carbocycles. The van der Waals surface area contributed by atoms with Gasteiger partial charge in [-0.25, -0.2) is 0 Å². The molecule has 0 radical (unpaired) electrons. The van der Waals surface area contributed by atoms with Gasteiger partial charge in [0.25, 0.3) is 0 Å². The molecule has 77 heavy (non-hydrogen) atoms. The molecule has 0 saturated heterocycles. The van der Waals surface area contributed by atoms with Crippen LogP contribution in [0.2, 0.25) is 0 Å². The van der Waals surface area contributed by atoms with E-state index in [2.05, 4.69) is 179 Å². The fourth-order valence-electron chi connectivity index (χ4n) is 7.68. The van der Waals surface area contributed by atoms with E-state index in [0.29, 0.717) is 12.8 Å². The van der Waals surface area contributed by atoms with Gasteiger partial charge in [0.2, 0.25) is 0 Å². The Kier molecular flexibility index (Phi) is 59.0. The summed E-state index contributed by atoms with van der Waals surface area (Å²) in [6.07, 6.45) is 93.6. The Hall–Kier alpha value is -5.23. The minimum atomic E-state index is -0.832. The normalized spacial score (nSPS) is 13.3. The predicted octanol–water partition coefficient (Wildman–Crippen LogP) is 21.1. The summed E-state index contributed by atoms with van der Waals surface area (Å²) in [6.45, 7) is 6.28. The minimum absolute atomic E-state index is 0.124. The maximum absolute atomic E-state index is 12.9. The Morgan fingerprint density at radius 1 is 0.273 bits per heavy atom. The van der Waals surface area contributed by atoms with Crippen molar-refractivity contribution in [1.82, 2.24) is 0 Å². The molecule has 430 valence electrons. The molecular weight excluding hydrogens is 949 g/mol. The van der Waals surface area contributed by atoms with Gasteiger partial charge in [0.05, 0.1) is 0 Å². The van der Waals surface area contributed by atoms with Crippen molar-refractivity contribution in [2.75, 3.05) is 13.2 Å². The molecule has 0 aromatic rings. The Balaban J connectivity index is 4.48. The lowest BCUT2D eigenvalue weighted by atomic mass is 10.1. The summed E-state index contributed by atoms with van der Waals surface area (Å²) in [5.74, 6) is -1.05. The highest BCUT2D eigenvalue weighted by atomic mass is 16.6. The topological polar surface area (TPSA) is 78.9 Å². The van der Waals surface area contributed by atoms with E-state index in [0.717, 1.165) is 154 Å². The highest BCUT2D eigenvalue weighted by Crippen LogP contribution is 2.13. The maximum atomic E-state index is 12.9. The first kappa shape index (κ1) is 71.8. The molecule has 1 unspecified atom stereocenters. The van der Waals surface area contributed by atoms with Crippen molar-refractivity contribution in [3.63, 3.8) is 0 Å². The smallest absolute Gasteiger partial charge is 0.306 e. The number of ether oxygens (including phenoxy) is 3. The summed E-state index contributed by atoms with van der Waals surface area (Å²) in [4.78, 5) is 38.2. The van der Waals surface area contributed by atoms with Gasteiger partial charge in [0.1, 0.15) is 13.2 Å². The molecule has 0 amide bonds. The summed E-state index contributed by atoms with van der Waals surface area (Å²) in [6, 6.07) is 0. The number of esters is 3. The van der Waals surface area contributed by atoms with Gasteiger partial charge in [-0.3, -0.25) is 14.4 Å². The molecule has 6 heteroatoms. The second-order valence-electron chi connectivity index (χ2n) is 19.5. The zero-order valence-corrected chi connectivity index (χ0v) is 49.1. The van der Waals surface area contributed by atoms with Crippen molar-refractivity contribution < 1.29 is 28.6 Å². The van der Waals surface area contributed by atoms with E-state index >= 15 is 0 Å². The Bertz CT molecular complexity index is 1790.